The number of thioether (sulfide) groups is 1. The molecule has 0 atom stereocenters. The molecule has 1 fully saturated rings. The van der Waals surface area contributed by atoms with Crippen LogP contribution in [0.15, 0.2) is 63.9 Å². The number of rotatable bonds is 6. The average Bonchev–Trinajstić information content (AvgIpc) is 3.36. The van der Waals surface area contributed by atoms with Gasteiger partial charge in [-0.15, -0.1) is 0 Å². The molecular formula is C23H14ClFN2O6S. The third-order valence-electron chi connectivity index (χ3n) is 4.70. The molecule has 1 saturated heterocycles. The van der Waals surface area contributed by atoms with Gasteiger partial charge in [-0.05, 0) is 48.2 Å². The maximum atomic E-state index is 13.3. The lowest BCUT2D eigenvalue weighted by molar-refractivity contribution is -0.127. The number of halogens is 2. The molecule has 3 aromatic rings. The number of carbonyl (C=O) groups excluding carboxylic acids is 3. The van der Waals surface area contributed by atoms with Gasteiger partial charge in [-0.3, -0.25) is 19.3 Å². The number of carboxylic acids is 1. The van der Waals surface area contributed by atoms with Crippen molar-refractivity contribution in [1.82, 2.24) is 4.90 Å². The zero-order chi connectivity index (χ0) is 24.4. The van der Waals surface area contributed by atoms with Crippen LogP contribution in [0, 0.1) is 5.82 Å². The fraction of sp³-hybridized carbons (Fsp3) is 0.0435. The van der Waals surface area contributed by atoms with Gasteiger partial charge in [0, 0.05) is 17.3 Å². The van der Waals surface area contributed by atoms with E-state index in [-0.39, 0.29) is 32.7 Å². The van der Waals surface area contributed by atoms with Crippen molar-refractivity contribution in [1.29, 1.82) is 0 Å². The molecule has 34 heavy (non-hydrogen) atoms. The predicted molar refractivity (Wildman–Crippen MR) is 124 cm³/mol. The van der Waals surface area contributed by atoms with Gasteiger partial charge in [0.2, 0.25) is 5.91 Å². The van der Waals surface area contributed by atoms with E-state index >= 15 is 0 Å². The topological polar surface area (TPSA) is 117 Å². The van der Waals surface area contributed by atoms with E-state index in [1.54, 1.807) is 24.3 Å². The van der Waals surface area contributed by atoms with Crippen molar-refractivity contribution in [3.05, 3.63) is 81.7 Å². The van der Waals surface area contributed by atoms with Gasteiger partial charge in [0.25, 0.3) is 11.1 Å². The number of nitrogens with one attached hydrogen (secondary N) is 1. The smallest absolute Gasteiger partial charge is 0.336 e. The van der Waals surface area contributed by atoms with Crippen molar-refractivity contribution in [2.24, 2.45) is 0 Å². The predicted octanol–water partition coefficient (Wildman–Crippen LogP) is 5.11. The first kappa shape index (κ1) is 23.3. The van der Waals surface area contributed by atoms with Gasteiger partial charge >= 0.3 is 5.97 Å². The highest BCUT2D eigenvalue weighted by molar-refractivity contribution is 8.18. The van der Waals surface area contributed by atoms with Crippen molar-refractivity contribution in [3.8, 4) is 11.3 Å². The van der Waals surface area contributed by atoms with E-state index in [9.17, 15) is 28.7 Å². The van der Waals surface area contributed by atoms with Crippen LogP contribution in [0.4, 0.5) is 14.9 Å². The minimum absolute atomic E-state index is 0.0371. The Morgan fingerprint density at radius 3 is 2.65 bits per heavy atom. The molecule has 0 spiro atoms. The van der Waals surface area contributed by atoms with Crippen LogP contribution in [0.25, 0.3) is 17.4 Å². The molecule has 1 aliphatic heterocycles. The van der Waals surface area contributed by atoms with E-state index in [2.05, 4.69) is 5.32 Å². The third kappa shape index (κ3) is 4.87. The molecule has 0 unspecified atom stereocenters. The largest absolute Gasteiger partial charge is 0.478 e. The molecule has 4 rings (SSSR count). The first-order valence-corrected chi connectivity index (χ1v) is 10.8. The number of carbonyl (C=O) groups is 4. The molecule has 2 N–H and O–H groups in total. The van der Waals surface area contributed by atoms with Crippen LogP contribution in [0.5, 0.6) is 0 Å². The Balaban J connectivity index is 1.48. The van der Waals surface area contributed by atoms with E-state index in [0.717, 1.165) is 11.0 Å². The summed E-state index contributed by atoms with van der Waals surface area (Å²) in [5.74, 6) is -2.62. The normalized spacial score (nSPS) is 14.6. The zero-order valence-corrected chi connectivity index (χ0v) is 18.7. The zero-order valence-electron chi connectivity index (χ0n) is 17.1. The number of imide groups is 1. The number of hydrogen-bond donors (Lipinski definition) is 2. The highest BCUT2D eigenvalue weighted by Gasteiger charge is 2.36. The number of carboxylic acid groups (broad SMARTS) is 1. The van der Waals surface area contributed by atoms with Gasteiger partial charge in [-0.1, -0.05) is 29.8 Å². The first-order chi connectivity index (χ1) is 16.2. The van der Waals surface area contributed by atoms with Crippen LogP contribution in [0.2, 0.25) is 5.02 Å². The molecule has 0 saturated carbocycles. The highest BCUT2D eigenvalue weighted by atomic mass is 35.5. The Hall–Kier alpha value is -3.89. The lowest BCUT2D eigenvalue weighted by Crippen LogP contribution is -2.36. The lowest BCUT2D eigenvalue weighted by atomic mass is 10.1. The number of amides is 3. The summed E-state index contributed by atoms with van der Waals surface area (Å²) in [6.07, 6.45) is 1.34. The molecule has 1 aliphatic rings. The number of furan rings is 1. The SMILES string of the molecule is O=C(CN1C(=O)S/C(=C\c2ccc(-c3ccccc3C(=O)O)o2)C1=O)Nc1ccc(F)c(Cl)c1. The van der Waals surface area contributed by atoms with Gasteiger partial charge < -0.3 is 14.8 Å². The van der Waals surface area contributed by atoms with Crippen LogP contribution in [-0.2, 0) is 9.59 Å². The number of anilines is 1. The van der Waals surface area contributed by atoms with Crippen LogP contribution in [0.1, 0.15) is 16.1 Å². The molecule has 2 aromatic carbocycles. The molecular weight excluding hydrogens is 487 g/mol. The maximum absolute atomic E-state index is 13.3. The van der Waals surface area contributed by atoms with Crippen LogP contribution in [0.3, 0.4) is 0 Å². The Labute approximate surface area is 201 Å². The van der Waals surface area contributed by atoms with Gasteiger partial charge in [-0.25, -0.2) is 9.18 Å². The Morgan fingerprint density at radius 2 is 1.91 bits per heavy atom. The monoisotopic (exact) mass is 500 g/mol. The molecule has 3 amide bonds. The summed E-state index contributed by atoms with van der Waals surface area (Å²) in [5, 5.41) is 11.0. The number of nitrogens with zero attached hydrogens (tertiary/aromatic N) is 1. The van der Waals surface area contributed by atoms with E-state index in [4.69, 9.17) is 16.0 Å². The molecule has 2 heterocycles. The minimum Gasteiger partial charge on any atom is -0.478 e. The van der Waals surface area contributed by atoms with Crippen LogP contribution >= 0.6 is 23.4 Å². The molecule has 0 radical (unpaired) electrons. The quantitative estimate of drug-likeness (QED) is 0.451. The van der Waals surface area contributed by atoms with Gasteiger partial charge in [-0.2, -0.15) is 0 Å². The second-order valence-corrected chi connectivity index (χ2v) is 8.40. The van der Waals surface area contributed by atoms with Crippen LogP contribution < -0.4 is 5.32 Å². The Kier molecular flexibility index (Phi) is 6.53. The molecule has 172 valence electrons. The second-order valence-electron chi connectivity index (χ2n) is 7.00. The van der Waals surface area contributed by atoms with Crippen molar-refractivity contribution in [2.45, 2.75) is 0 Å². The van der Waals surface area contributed by atoms with Crippen molar-refractivity contribution in [3.63, 3.8) is 0 Å². The summed E-state index contributed by atoms with van der Waals surface area (Å²) < 4.78 is 18.9. The Bertz CT molecular complexity index is 1370. The summed E-state index contributed by atoms with van der Waals surface area (Å²) in [5.41, 5.74) is 0.626. The average molecular weight is 501 g/mol. The summed E-state index contributed by atoms with van der Waals surface area (Å²) in [7, 11) is 0. The van der Waals surface area contributed by atoms with Gasteiger partial charge in [0.15, 0.2) is 0 Å². The minimum atomic E-state index is -1.11. The van der Waals surface area contributed by atoms with E-state index in [1.165, 1.54) is 30.3 Å². The molecule has 0 aliphatic carbocycles. The molecule has 0 bridgehead atoms. The van der Waals surface area contributed by atoms with Crippen LogP contribution in [-0.4, -0.2) is 39.6 Å². The lowest BCUT2D eigenvalue weighted by Gasteiger charge is -2.12. The summed E-state index contributed by atoms with van der Waals surface area (Å²) in [4.78, 5) is 49.5. The van der Waals surface area contributed by atoms with Crippen molar-refractivity contribution in [2.75, 3.05) is 11.9 Å². The van der Waals surface area contributed by atoms with E-state index in [0.29, 0.717) is 17.3 Å². The Morgan fingerprint density at radius 1 is 1.15 bits per heavy atom. The fourth-order valence-corrected chi connectivity index (χ4v) is 4.14. The molecule has 11 heteroatoms. The number of benzene rings is 2. The molecule has 8 nitrogen and oxygen atoms in total. The fourth-order valence-electron chi connectivity index (χ4n) is 3.14. The standard InChI is InChI=1S/C23H14ClFN2O6S/c24-16-9-12(5-7-17(16)25)26-20(28)11-27-21(29)19(34-23(27)32)10-13-6-8-18(33-13)14-3-1-2-4-15(14)22(30)31/h1-10H,11H2,(H,26,28)(H,30,31)/b19-10-. The summed E-state index contributed by atoms with van der Waals surface area (Å²) in [6, 6.07) is 13.0. The molecule has 1 aromatic heterocycles. The summed E-state index contributed by atoms with van der Waals surface area (Å²) in [6.45, 7) is -0.549. The van der Waals surface area contributed by atoms with Gasteiger partial charge in [0.05, 0.1) is 15.5 Å². The summed E-state index contributed by atoms with van der Waals surface area (Å²) >= 11 is 6.32. The highest BCUT2D eigenvalue weighted by Crippen LogP contribution is 2.34. The maximum Gasteiger partial charge on any atom is 0.336 e. The van der Waals surface area contributed by atoms with Crippen molar-refractivity contribution >= 4 is 58.1 Å². The van der Waals surface area contributed by atoms with E-state index in [1.807, 2.05) is 0 Å². The first-order valence-electron chi connectivity index (χ1n) is 9.65. The number of aromatic carboxylic acids is 1. The second kappa shape index (κ2) is 9.54. The van der Waals surface area contributed by atoms with Gasteiger partial charge in [0.1, 0.15) is 23.9 Å². The number of hydrogen-bond acceptors (Lipinski definition) is 6. The van der Waals surface area contributed by atoms with E-state index < -0.39 is 35.4 Å². The third-order valence-corrected chi connectivity index (χ3v) is 5.90. The van der Waals surface area contributed by atoms with Crippen molar-refractivity contribution < 1.29 is 33.1 Å².